The van der Waals surface area contributed by atoms with E-state index in [9.17, 15) is 4.79 Å². The van der Waals surface area contributed by atoms with Gasteiger partial charge in [0.2, 0.25) is 0 Å². The number of hydrogen-bond acceptors (Lipinski definition) is 5. The summed E-state index contributed by atoms with van der Waals surface area (Å²) in [6, 6.07) is 0. The number of ether oxygens (including phenoxy) is 3. The number of hydrogen-bond donors (Lipinski definition) is 1. The highest BCUT2D eigenvalue weighted by Gasteiger charge is 2.37. The quantitative estimate of drug-likeness (QED) is 0.550. The van der Waals surface area contributed by atoms with E-state index in [0.717, 1.165) is 0 Å². The smallest absolute Gasteiger partial charge is 0.326 e. The molecule has 0 spiro atoms. The molecule has 0 saturated carbocycles. The molecule has 94 valence electrons. The lowest BCUT2D eigenvalue weighted by molar-refractivity contribution is -0.155. The van der Waals surface area contributed by atoms with Crippen molar-refractivity contribution in [2.45, 2.75) is 38.3 Å². The average molecular weight is 231 g/mol. The number of rotatable bonds is 5. The second kappa shape index (κ2) is 6.18. The first-order valence-corrected chi connectivity index (χ1v) is 5.70. The maximum atomic E-state index is 11.7. The second-order valence-corrected chi connectivity index (χ2v) is 4.32. The first kappa shape index (κ1) is 13.4. The third-order valence-corrected chi connectivity index (χ3v) is 2.56. The van der Waals surface area contributed by atoms with Gasteiger partial charge in [-0.1, -0.05) is 0 Å². The fourth-order valence-electron chi connectivity index (χ4n) is 1.50. The van der Waals surface area contributed by atoms with E-state index in [2.05, 4.69) is 0 Å². The number of esters is 1. The lowest BCUT2D eigenvalue weighted by atomic mass is 9.92. The predicted octanol–water partition coefficient (Wildman–Crippen LogP) is 0.463. The van der Waals surface area contributed by atoms with Gasteiger partial charge in [0.05, 0.1) is 12.7 Å². The Labute approximate surface area is 96.2 Å². The molecule has 1 aliphatic heterocycles. The van der Waals surface area contributed by atoms with E-state index in [1.165, 1.54) is 0 Å². The van der Waals surface area contributed by atoms with Crippen molar-refractivity contribution in [2.75, 3.05) is 26.4 Å². The van der Waals surface area contributed by atoms with Crippen molar-refractivity contribution >= 4 is 5.97 Å². The summed E-state index contributed by atoms with van der Waals surface area (Å²) < 4.78 is 15.5. The molecule has 0 aromatic heterocycles. The highest BCUT2D eigenvalue weighted by Crippen LogP contribution is 2.19. The van der Waals surface area contributed by atoms with Gasteiger partial charge in [0, 0.05) is 13.2 Å². The van der Waals surface area contributed by atoms with Gasteiger partial charge in [0.1, 0.15) is 12.1 Å². The Hall–Kier alpha value is -0.650. The van der Waals surface area contributed by atoms with Crippen molar-refractivity contribution in [1.82, 2.24) is 0 Å². The second-order valence-electron chi connectivity index (χ2n) is 4.32. The molecule has 1 saturated heterocycles. The van der Waals surface area contributed by atoms with Crippen LogP contribution in [0.4, 0.5) is 0 Å². The summed E-state index contributed by atoms with van der Waals surface area (Å²) in [6.07, 6.45) is 1.20. The molecule has 16 heavy (non-hydrogen) atoms. The van der Waals surface area contributed by atoms with Crippen LogP contribution in [0.3, 0.4) is 0 Å². The van der Waals surface area contributed by atoms with Crippen LogP contribution in [0.1, 0.15) is 26.7 Å². The monoisotopic (exact) mass is 231 g/mol. The van der Waals surface area contributed by atoms with E-state index < -0.39 is 5.54 Å². The Morgan fingerprint density at radius 3 is 2.56 bits per heavy atom. The zero-order valence-electron chi connectivity index (χ0n) is 10.0. The van der Waals surface area contributed by atoms with Gasteiger partial charge >= 0.3 is 5.97 Å². The van der Waals surface area contributed by atoms with Crippen molar-refractivity contribution in [3.63, 3.8) is 0 Å². The SMILES string of the molecule is CC(C)OCCOC(=O)C1(N)CCOCC1. The molecular formula is C11H21NO4. The van der Waals surface area contributed by atoms with E-state index in [1.807, 2.05) is 13.8 Å². The maximum absolute atomic E-state index is 11.7. The number of nitrogens with two attached hydrogens (primary N) is 1. The Morgan fingerprint density at radius 2 is 2.00 bits per heavy atom. The Bertz CT molecular complexity index is 224. The van der Waals surface area contributed by atoms with Crippen LogP contribution in [-0.4, -0.2) is 44.0 Å². The highest BCUT2D eigenvalue weighted by atomic mass is 16.6. The summed E-state index contributed by atoms with van der Waals surface area (Å²) in [5, 5.41) is 0. The molecule has 0 amide bonds. The van der Waals surface area contributed by atoms with Crippen molar-refractivity contribution < 1.29 is 19.0 Å². The van der Waals surface area contributed by atoms with E-state index in [0.29, 0.717) is 32.7 Å². The van der Waals surface area contributed by atoms with Crippen LogP contribution in [-0.2, 0) is 19.0 Å². The molecule has 2 N–H and O–H groups in total. The van der Waals surface area contributed by atoms with E-state index in [-0.39, 0.29) is 18.7 Å². The van der Waals surface area contributed by atoms with E-state index >= 15 is 0 Å². The third kappa shape index (κ3) is 4.08. The van der Waals surface area contributed by atoms with Crippen molar-refractivity contribution in [3.05, 3.63) is 0 Å². The summed E-state index contributed by atoms with van der Waals surface area (Å²) in [5.74, 6) is -0.344. The molecule has 0 bridgehead atoms. The van der Waals surface area contributed by atoms with Gasteiger partial charge in [-0.3, -0.25) is 4.79 Å². The van der Waals surface area contributed by atoms with Crippen LogP contribution in [0.15, 0.2) is 0 Å². The molecule has 1 aliphatic rings. The minimum absolute atomic E-state index is 0.147. The molecule has 0 aromatic rings. The predicted molar refractivity (Wildman–Crippen MR) is 59.0 cm³/mol. The molecule has 5 nitrogen and oxygen atoms in total. The van der Waals surface area contributed by atoms with Crippen LogP contribution in [0.25, 0.3) is 0 Å². The Kier molecular flexibility index (Phi) is 5.18. The van der Waals surface area contributed by atoms with Gasteiger partial charge in [0.15, 0.2) is 0 Å². The fraction of sp³-hybridized carbons (Fsp3) is 0.909. The van der Waals surface area contributed by atoms with Crippen molar-refractivity contribution in [1.29, 1.82) is 0 Å². The zero-order valence-corrected chi connectivity index (χ0v) is 10.0. The first-order chi connectivity index (χ1) is 7.54. The molecule has 1 fully saturated rings. The summed E-state index contributed by atoms with van der Waals surface area (Å²) in [5.41, 5.74) is 5.08. The minimum Gasteiger partial charge on any atom is -0.462 e. The standard InChI is InChI=1S/C11H21NO4/c1-9(2)15-7-8-16-10(13)11(12)3-5-14-6-4-11/h9H,3-8,12H2,1-2H3. The molecular weight excluding hydrogens is 210 g/mol. The average Bonchev–Trinajstić information content (AvgIpc) is 2.25. The Morgan fingerprint density at radius 1 is 1.38 bits per heavy atom. The van der Waals surface area contributed by atoms with Gasteiger partial charge in [-0.15, -0.1) is 0 Å². The van der Waals surface area contributed by atoms with E-state index in [4.69, 9.17) is 19.9 Å². The van der Waals surface area contributed by atoms with Crippen LogP contribution >= 0.6 is 0 Å². The van der Waals surface area contributed by atoms with Crippen LogP contribution in [0.2, 0.25) is 0 Å². The number of carbonyl (C=O) groups excluding carboxylic acids is 1. The summed E-state index contributed by atoms with van der Waals surface area (Å²) in [6.45, 7) is 5.59. The topological polar surface area (TPSA) is 70.8 Å². The third-order valence-electron chi connectivity index (χ3n) is 2.56. The van der Waals surface area contributed by atoms with Gasteiger partial charge in [-0.05, 0) is 26.7 Å². The Balaban J connectivity index is 2.23. The minimum atomic E-state index is -0.865. The summed E-state index contributed by atoms with van der Waals surface area (Å²) in [4.78, 5) is 11.7. The van der Waals surface area contributed by atoms with E-state index in [1.54, 1.807) is 0 Å². The molecule has 0 unspecified atom stereocenters. The molecule has 0 radical (unpaired) electrons. The van der Waals surface area contributed by atoms with Crippen LogP contribution < -0.4 is 5.73 Å². The van der Waals surface area contributed by atoms with Crippen LogP contribution in [0.5, 0.6) is 0 Å². The normalized spacial score (nSPS) is 19.8. The van der Waals surface area contributed by atoms with Crippen molar-refractivity contribution in [3.8, 4) is 0 Å². The fourth-order valence-corrected chi connectivity index (χ4v) is 1.50. The zero-order chi connectivity index (χ0) is 12.0. The lowest BCUT2D eigenvalue weighted by Gasteiger charge is -2.30. The number of carbonyl (C=O) groups is 1. The first-order valence-electron chi connectivity index (χ1n) is 5.70. The summed E-state index contributed by atoms with van der Waals surface area (Å²) >= 11 is 0. The molecule has 0 aliphatic carbocycles. The summed E-state index contributed by atoms with van der Waals surface area (Å²) in [7, 11) is 0. The molecule has 5 heteroatoms. The molecule has 0 atom stereocenters. The van der Waals surface area contributed by atoms with Gasteiger partial charge in [-0.2, -0.15) is 0 Å². The molecule has 1 heterocycles. The van der Waals surface area contributed by atoms with Gasteiger partial charge < -0.3 is 19.9 Å². The van der Waals surface area contributed by atoms with Crippen LogP contribution in [0, 0.1) is 0 Å². The van der Waals surface area contributed by atoms with Gasteiger partial charge in [0.25, 0.3) is 0 Å². The highest BCUT2D eigenvalue weighted by molar-refractivity contribution is 5.80. The molecule has 1 rings (SSSR count). The lowest BCUT2D eigenvalue weighted by Crippen LogP contribution is -2.53. The maximum Gasteiger partial charge on any atom is 0.326 e. The largest absolute Gasteiger partial charge is 0.462 e. The van der Waals surface area contributed by atoms with Gasteiger partial charge in [-0.25, -0.2) is 0 Å². The van der Waals surface area contributed by atoms with Crippen molar-refractivity contribution in [2.24, 2.45) is 5.73 Å². The molecule has 0 aromatic carbocycles.